The van der Waals surface area contributed by atoms with Gasteiger partial charge in [-0.3, -0.25) is 0 Å². The first-order valence-corrected chi connectivity index (χ1v) is 11.3. The van der Waals surface area contributed by atoms with Crippen molar-refractivity contribution in [2.75, 3.05) is 31.2 Å². The van der Waals surface area contributed by atoms with Crippen LogP contribution >= 0.6 is 0 Å². The van der Waals surface area contributed by atoms with E-state index < -0.39 is 10.0 Å². The van der Waals surface area contributed by atoms with E-state index in [9.17, 15) is 8.42 Å². The summed E-state index contributed by atoms with van der Waals surface area (Å²) in [5.41, 5.74) is 13.2. The molecule has 0 amide bonds. The van der Waals surface area contributed by atoms with Crippen LogP contribution in [0.3, 0.4) is 0 Å². The van der Waals surface area contributed by atoms with E-state index in [0.29, 0.717) is 41.2 Å². The summed E-state index contributed by atoms with van der Waals surface area (Å²) in [7, 11) is -3.47. The van der Waals surface area contributed by atoms with Crippen LogP contribution in [0.5, 0.6) is 5.75 Å². The first kappa shape index (κ1) is 20.4. The zero-order valence-corrected chi connectivity index (χ0v) is 17.6. The Morgan fingerprint density at radius 1 is 1.10 bits per heavy atom. The van der Waals surface area contributed by atoms with Crippen LogP contribution in [0.2, 0.25) is 0 Å². The van der Waals surface area contributed by atoms with Gasteiger partial charge in [-0.15, -0.1) is 0 Å². The van der Waals surface area contributed by atoms with Gasteiger partial charge in [0.15, 0.2) is 0 Å². The summed E-state index contributed by atoms with van der Waals surface area (Å²) in [6, 6.07) is 12.5. The number of nitrogens with zero attached hydrogens (tertiary/aromatic N) is 3. The van der Waals surface area contributed by atoms with E-state index in [1.165, 1.54) is 0 Å². The number of piperidine rings is 1. The summed E-state index contributed by atoms with van der Waals surface area (Å²) in [6.07, 6.45) is 1.46. The van der Waals surface area contributed by atoms with Crippen molar-refractivity contribution in [2.24, 2.45) is 5.92 Å². The van der Waals surface area contributed by atoms with Crippen LogP contribution in [0.4, 0.5) is 11.8 Å². The third kappa shape index (κ3) is 4.03. The Bertz CT molecular complexity index is 1170. The maximum atomic E-state index is 12.9. The van der Waals surface area contributed by atoms with E-state index in [1.807, 2.05) is 31.2 Å². The molecule has 1 aromatic heterocycles. The molecule has 0 spiro atoms. The Morgan fingerprint density at radius 2 is 1.83 bits per heavy atom. The topological polar surface area (TPSA) is 124 Å². The second-order valence-corrected chi connectivity index (χ2v) is 9.53. The quantitative estimate of drug-likeness (QED) is 0.641. The molecule has 1 aliphatic rings. The van der Waals surface area contributed by atoms with Crippen molar-refractivity contribution in [1.82, 2.24) is 14.3 Å². The molecule has 0 bridgehead atoms. The normalized spacial score (nSPS) is 16.0. The van der Waals surface area contributed by atoms with Gasteiger partial charge in [0.25, 0.3) is 0 Å². The summed E-state index contributed by atoms with van der Waals surface area (Å²) in [5.74, 6) is 1.27. The Labute approximate surface area is 175 Å². The summed E-state index contributed by atoms with van der Waals surface area (Å²) < 4.78 is 33.4. The van der Waals surface area contributed by atoms with Crippen molar-refractivity contribution in [3.63, 3.8) is 0 Å². The number of benzene rings is 2. The Balaban J connectivity index is 1.41. The van der Waals surface area contributed by atoms with Gasteiger partial charge in [0, 0.05) is 13.1 Å². The molecule has 0 unspecified atom stereocenters. The van der Waals surface area contributed by atoms with E-state index in [4.69, 9.17) is 16.2 Å². The predicted octanol–water partition coefficient (Wildman–Crippen LogP) is 2.58. The Morgan fingerprint density at radius 3 is 2.57 bits per heavy atom. The van der Waals surface area contributed by atoms with Gasteiger partial charge in [0.05, 0.1) is 22.4 Å². The van der Waals surface area contributed by atoms with Gasteiger partial charge in [-0.25, -0.2) is 13.4 Å². The third-order valence-electron chi connectivity index (χ3n) is 5.41. The molecule has 1 aliphatic heterocycles. The molecule has 9 heteroatoms. The number of ether oxygens (including phenoxy) is 1. The van der Waals surface area contributed by atoms with Crippen molar-refractivity contribution >= 4 is 32.7 Å². The largest absolute Gasteiger partial charge is 0.492 e. The molecule has 2 heterocycles. The predicted molar refractivity (Wildman–Crippen MR) is 117 cm³/mol. The molecule has 4 N–H and O–H groups in total. The van der Waals surface area contributed by atoms with Crippen LogP contribution in [0.25, 0.3) is 10.9 Å². The highest BCUT2D eigenvalue weighted by Crippen LogP contribution is 2.31. The van der Waals surface area contributed by atoms with Gasteiger partial charge in [-0.1, -0.05) is 18.2 Å². The number of anilines is 2. The minimum atomic E-state index is -3.47. The molecule has 0 atom stereocenters. The van der Waals surface area contributed by atoms with Crippen molar-refractivity contribution < 1.29 is 13.2 Å². The summed E-state index contributed by atoms with van der Waals surface area (Å²) >= 11 is 0. The van der Waals surface area contributed by atoms with Gasteiger partial charge in [0.1, 0.15) is 11.6 Å². The highest BCUT2D eigenvalue weighted by Gasteiger charge is 2.29. The van der Waals surface area contributed by atoms with E-state index in [-0.39, 0.29) is 17.7 Å². The standard InChI is InChI=1S/C21H25N5O3S/c1-14-4-2-5-16(12-14)30(27,28)26-10-8-15(9-11-26)13-29-18-7-3-6-17-19(18)20(22)25-21(23)24-17/h2-7,12,15H,8-11,13H2,1H3,(H4,22,23,24,25). The molecule has 4 rings (SSSR count). The van der Waals surface area contributed by atoms with Crippen LogP contribution in [0.15, 0.2) is 47.4 Å². The monoisotopic (exact) mass is 427 g/mol. The average Bonchev–Trinajstić information content (AvgIpc) is 2.72. The minimum Gasteiger partial charge on any atom is -0.492 e. The molecule has 30 heavy (non-hydrogen) atoms. The van der Waals surface area contributed by atoms with Crippen LogP contribution in [0, 0.1) is 12.8 Å². The maximum Gasteiger partial charge on any atom is 0.243 e. The lowest BCUT2D eigenvalue weighted by atomic mass is 9.99. The molecule has 0 saturated carbocycles. The van der Waals surface area contributed by atoms with Gasteiger partial charge >= 0.3 is 0 Å². The first-order valence-electron chi connectivity index (χ1n) is 9.86. The number of hydrogen-bond acceptors (Lipinski definition) is 7. The fourth-order valence-corrected chi connectivity index (χ4v) is 5.34. The van der Waals surface area contributed by atoms with Gasteiger partial charge in [0.2, 0.25) is 16.0 Å². The molecule has 1 saturated heterocycles. The van der Waals surface area contributed by atoms with Crippen LogP contribution in [-0.2, 0) is 10.0 Å². The molecular formula is C21H25N5O3S. The molecule has 0 aliphatic carbocycles. The summed E-state index contributed by atoms with van der Waals surface area (Å²) in [6.45, 7) is 3.31. The molecule has 158 valence electrons. The van der Waals surface area contributed by atoms with Gasteiger partial charge in [-0.2, -0.15) is 9.29 Å². The SMILES string of the molecule is Cc1cccc(S(=O)(=O)N2CCC(COc3cccc4nc(N)nc(N)c34)CC2)c1. The zero-order valence-electron chi connectivity index (χ0n) is 16.8. The lowest BCUT2D eigenvalue weighted by Gasteiger charge is -2.31. The van der Waals surface area contributed by atoms with Gasteiger partial charge in [-0.05, 0) is 55.5 Å². The number of sulfonamides is 1. The zero-order chi connectivity index (χ0) is 21.3. The van der Waals surface area contributed by atoms with Crippen molar-refractivity contribution in [3.8, 4) is 5.75 Å². The Kier molecular flexibility index (Phi) is 5.48. The lowest BCUT2D eigenvalue weighted by molar-refractivity contribution is 0.186. The maximum absolute atomic E-state index is 12.9. The highest BCUT2D eigenvalue weighted by molar-refractivity contribution is 7.89. The number of hydrogen-bond donors (Lipinski definition) is 2. The van der Waals surface area contributed by atoms with Crippen molar-refractivity contribution in [3.05, 3.63) is 48.0 Å². The van der Waals surface area contributed by atoms with Gasteiger partial charge < -0.3 is 16.2 Å². The smallest absolute Gasteiger partial charge is 0.243 e. The van der Waals surface area contributed by atoms with Crippen molar-refractivity contribution in [1.29, 1.82) is 0 Å². The van der Waals surface area contributed by atoms with E-state index in [2.05, 4.69) is 9.97 Å². The Hall–Kier alpha value is -2.91. The molecular weight excluding hydrogens is 402 g/mol. The number of aromatic nitrogens is 2. The van der Waals surface area contributed by atoms with E-state index in [1.54, 1.807) is 22.5 Å². The number of rotatable bonds is 5. The van der Waals surface area contributed by atoms with Crippen LogP contribution in [-0.4, -0.2) is 42.4 Å². The number of nitrogens with two attached hydrogens (primary N) is 2. The molecule has 3 aromatic rings. The number of aryl methyl sites for hydroxylation is 1. The van der Waals surface area contributed by atoms with Crippen LogP contribution < -0.4 is 16.2 Å². The summed E-state index contributed by atoms with van der Waals surface area (Å²) in [5, 5.41) is 0.645. The lowest BCUT2D eigenvalue weighted by Crippen LogP contribution is -2.39. The summed E-state index contributed by atoms with van der Waals surface area (Å²) in [4.78, 5) is 8.57. The second-order valence-electron chi connectivity index (χ2n) is 7.59. The number of nitrogen functional groups attached to an aromatic ring is 2. The molecule has 0 radical (unpaired) electrons. The first-order chi connectivity index (χ1) is 14.3. The van der Waals surface area contributed by atoms with E-state index >= 15 is 0 Å². The van der Waals surface area contributed by atoms with E-state index in [0.717, 1.165) is 18.4 Å². The van der Waals surface area contributed by atoms with Crippen LogP contribution in [0.1, 0.15) is 18.4 Å². The fraction of sp³-hybridized carbons (Fsp3) is 0.333. The molecule has 8 nitrogen and oxygen atoms in total. The minimum absolute atomic E-state index is 0.124. The third-order valence-corrected chi connectivity index (χ3v) is 7.30. The van der Waals surface area contributed by atoms with Crippen molar-refractivity contribution in [2.45, 2.75) is 24.7 Å². The average molecular weight is 428 g/mol. The second kappa shape index (κ2) is 8.08. The highest BCUT2D eigenvalue weighted by atomic mass is 32.2. The number of fused-ring (bicyclic) bond motifs is 1. The fourth-order valence-electron chi connectivity index (χ4n) is 3.77. The molecule has 2 aromatic carbocycles. The molecule has 1 fully saturated rings.